The Morgan fingerprint density at radius 3 is 2.75 bits per heavy atom. The molecular formula is C15H23N3O2. The summed E-state index contributed by atoms with van der Waals surface area (Å²) in [4.78, 5) is 20.0. The fourth-order valence-corrected chi connectivity index (χ4v) is 2.51. The molecule has 0 aromatic carbocycles. The number of carbonyl (C=O) groups is 1. The molecule has 5 nitrogen and oxygen atoms in total. The van der Waals surface area contributed by atoms with Gasteiger partial charge in [0.2, 0.25) is 0 Å². The highest BCUT2D eigenvalue weighted by molar-refractivity contribution is 5.93. The van der Waals surface area contributed by atoms with Crippen molar-refractivity contribution in [2.45, 2.75) is 19.4 Å². The van der Waals surface area contributed by atoms with Crippen molar-refractivity contribution in [2.24, 2.45) is 5.92 Å². The predicted molar refractivity (Wildman–Crippen MR) is 79.0 cm³/mol. The molecule has 1 aliphatic rings. The second kappa shape index (κ2) is 6.22. The van der Waals surface area contributed by atoms with Gasteiger partial charge in [-0.1, -0.05) is 6.92 Å². The Labute approximate surface area is 120 Å². The van der Waals surface area contributed by atoms with Crippen LogP contribution in [0.3, 0.4) is 0 Å². The summed E-state index contributed by atoms with van der Waals surface area (Å²) in [5.41, 5.74) is 0.618. The van der Waals surface area contributed by atoms with E-state index in [4.69, 9.17) is 4.74 Å². The number of hydrogen-bond donors (Lipinski definition) is 0. The number of amides is 1. The van der Waals surface area contributed by atoms with Crippen LogP contribution in [0.2, 0.25) is 0 Å². The van der Waals surface area contributed by atoms with E-state index in [1.54, 1.807) is 32.3 Å². The number of piperidine rings is 1. The van der Waals surface area contributed by atoms with Crippen LogP contribution in [0.15, 0.2) is 18.3 Å². The average molecular weight is 277 g/mol. The second-order valence-corrected chi connectivity index (χ2v) is 5.59. The Hall–Kier alpha value is -1.62. The smallest absolute Gasteiger partial charge is 0.254 e. The number of ether oxygens (including phenoxy) is 1. The summed E-state index contributed by atoms with van der Waals surface area (Å²) in [6.45, 7) is 4.05. The summed E-state index contributed by atoms with van der Waals surface area (Å²) in [5, 5.41) is 0. The van der Waals surface area contributed by atoms with Gasteiger partial charge in [0.25, 0.3) is 5.91 Å². The van der Waals surface area contributed by atoms with Crippen LogP contribution in [0.4, 0.5) is 5.82 Å². The highest BCUT2D eigenvalue weighted by Gasteiger charge is 2.26. The lowest BCUT2D eigenvalue weighted by Crippen LogP contribution is -2.44. The quantitative estimate of drug-likeness (QED) is 0.842. The van der Waals surface area contributed by atoms with Gasteiger partial charge >= 0.3 is 0 Å². The number of methoxy groups -OCH3 is 1. The van der Waals surface area contributed by atoms with Gasteiger partial charge in [-0.05, 0) is 24.5 Å². The molecule has 1 aromatic heterocycles. The molecule has 0 saturated carbocycles. The van der Waals surface area contributed by atoms with E-state index in [0.29, 0.717) is 11.5 Å². The molecule has 2 unspecified atom stereocenters. The SMILES string of the molecule is COC1CN(c2ccc(C(=O)N(C)C)cn2)CCC1C. The molecule has 2 atom stereocenters. The molecule has 0 N–H and O–H groups in total. The van der Waals surface area contributed by atoms with Crippen LogP contribution < -0.4 is 4.90 Å². The summed E-state index contributed by atoms with van der Waals surface area (Å²) < 4.78 is 5.52. The van der Waals surface area contributed by atoms with Gasteiger partial charge in [-0.25, -0.2) is 4.98 Å². The Kier molecular flexibility index (Phi) is 4.60. The minimum atomic E-state index is -0.0221. The van der Waals surface area contributed by atoms with Crippen molar-refractivity contribution in [3.63, 3.8) is 0 Å². The molecule has 0 aliphatic carbocycles. The lowest BCUT2D eigenvalue weighted by atomic mass is 9.96. The minimum absolute atomic E-state index is 0.0221. The molecule has 2 rings (SSSR count). The zero-order valence-electron chi connectivity index (χ0n) is 12.7. The third-order valence-corrected chi connectivity index (χ3v) is 3.92. The van der Waals surface area contributed by atoms with E-state index < -0.39 is 0 Å². The topological polar surface area (TPSA) is 45.7 Å². The zero-order valence-corrected chi connectivity index (χ0v) is 12.7. The molecular weight excluding hydrogens is 254 g/mol. The van der Waals surface area contributed by atoms with E-state index in [1.807, 2.05) is 12.1 Å². The van der Waals surface area contributed by atoms with Gasteiger partial charge in [-0.3, -0.25) is 4.79 Å². The predicted octanol–water partition coefficient (Wildman–Crippen LogP) is 1.64. The van der Waals surface area contributed by atoms with E-state index in [1.165, 1.54) is 0 Å². The first kappa shape index (κ1) is 14.8. The summed E-state index contributed by atoms with van der Waals surface area (Å²) in [5.74, 6) is 1.46. The van der Waals surface area contributed by atoms with Crippen LogP contribution >= 0.6 is 0 Å². The normalized spacial score (nSPS) is 22.7. The number of nitrogens with zero attached hydrogens (tertiary/aromatic N) is 3. The third kappa shape index (κ3) is 3.10. The minimum Gasteiger partial charge on any atom is -0.379 e. The highest BCUT2D eigenvalue weighted by Crippen LogP contribution is 2.23. The van der Waals surface area contributed by atoms with Crippen LogP contribution in [0, 0.1) is 5.92 Å². The second-order valence-electron chi connectivity index (χ2n) is 5.59. The maximum absolute atomic E-state index is 11.8. The van der Waals surface area contributed by atoms with Crippen molar-refractivity contribution >= 4 is 11.7 Å². The number of aromatic nitrogens is 1. The van der Waals surface area contributed by atoms with Crippen molar-refractivity contribution in [3.05, 3.63) is 23.9 Å². The summed E-state index contributed by atoms with van der Waals surface area (Å²) in [7, 11) is 5.24. The van der Waals surface area contributed by atoms with Gasteiger partial charge < -0.3 is 14.5 Å². The molecule has 0 radical (unpaired) electrons. The average Bonchev–Trinajstić information content (AvgIpc) is 2.47. The first-order valence-electron chi connectivity index (χ1n) is 6.98. The number of carbonyl (C=O) groups excluding carboxylic acids is 1. The third-order valence-electron chi connectivity index (χ3n) is 3.92. The van der Waals surface area contributed by atoms with Crippen molar-refractivity contribution in [3.8, 4) is 0 Å². The van der Waals surface area contributed by atoms with Crippen LogP contribution in [0.1, 0.15) is 23.7 Å². The molecule has 1 fully saturated rings. The van der Waals surface area contributed by atoms with Crippen LogP contribution in [-0.4, -0.2) is 56.2 Å². The maximum Gasteiger partial charge on any atom is 0.254 e. The number of hydrogen-bond acceptors (Lipinski definition) is 4. The van der Waals surface area contributed by atoms with Crippen molar-refractivity contribution in [2.75, 3.05) is 39.2 Å². The fourth-order valence-electron chi connectivity index (χ4n) is 2.51. The van der Waals surface area contributed by atoms with Gasteiger partial charge in [-0.15, -0.1) is 0 Å². The molecule has 1 aliphatic heterocycles. The Balaban J connectivity index is 2.08. The Morgan fingerprint density at radius 1 is 1.45 bits per heavy atom. The first-order valence-corrected chi connectivity index (χ1v) is 6.98. The van der Waals surface area contributed by atoms with E-state index >= 15 is 0 Å². The molecule has 1 aromatic rings. The summed E-state index contributed by atoms with van der Waals surface area (Å²) in [6, 6.07) is 3.75. The Morgan fingerprint density at radius 2 is 2.20 bits per heavy atom. The molecule has 110 valence electrons. The standard InChI is InChI=1S/C15H23N3O2/c1-11-7-8-18(10-13(11)20-4)14-6-5-12(9-16-14)15(19)17(2)3/h5-6,9,11,13H,7-8,10H2,1-4H3. The summed E-state index contributed by atoms with van der Waals surface area (Å²) in [6.07, 6.45) is 2.99. The van der Waals surface area contributed by atoms with E-state index in [9.17, 15) is 4.79 Å². The molecule has 0 bridgehead atoms. The van der Waals surface area contributed by atoms with Crippen molar-refractivity contribution in [1.82, 2.24) is 9.88 Å². The van der Waals surface area contributed by atoms with E-state index in [2.05, 4.69) is 16.8 Å². The lowest BCUT2D eigenvalue weighted by Gasteiger charge is -2.36. The van der Waals surface area contributed by atoms with Crippen molar-refractivity contribution < 1.29 is 9.53 Å². The molecule has 0 spiro atoms. The largest absolute Gasteiger partial charge is 0.379 e. The zero-order chi connectivity index (χ0) is 14.7. The van der Waals surface area contributed by atoms with Gasteiger partial charge in [-0.2, -0.15) is 0 Å². The van der Waals surface area contributed by atoms with Crippen molar-refractivity contribution in [1.29, 1.82) is 0 Å². The monoisotopic (exact) mass is 277 g/mol. The number of rotatable bonds is 3. The van der Waals surface area contributed by atoms with Gasteiger partial charge in [0.1, 0.15) is 5.82 Å². The lowest BCUT2D eigenvalue weighted by molar-refractivity contribution is 0.0496. The van der Waals surface area contributed by atoms with Crippen LogP contribution in [0.25, 0.3) is 0 Å². The molecule has 1 saturated heterocycles. The maximum atomic E-state index is 11.8. The van der Waals surface area contributed by atoms with Crippen LogP contribution in [-0.2, 0) is 4.74 Å². The molecule has 20 heavy (non-hydrogen) atoms. The Bertz CT molecular complexity index is 459. The highest BCUT2D eigenvalue weighted by atomic mass is 16.5. The van der Waals surface area contributed by atoms with Gasteiger partial charge in [0, 0.05) is 40.5 Å². The number of pyridine rings is 1. The molecule has 2 heterocycles. The molecule has 1 amide bonds. The first-order chi connectivity index (χ1) is 9.52. The van der Waals surface area contributed by atoms with Gasteiger partial charge in [0.15, 0.2) is 0 Å². The van der Waals surface area contributed by atoms with E-state index in [-0.39, 0.29) is 12.0 Å². The summed E-state index contributed by atoms with van der Waals surface area (Å²) >= 11 is 0. The molecule has 5 heteroatoms. The van der Waals surface area contributed by atoms with Gasteiger partial charge in [0.05, 0.1) is 11.7 Å². The van der Waals surface area contributed by atoms with E-state index in [0.717, 1.165) is 25.3 Å². The van der Waals surface area contributed by atoms with Crippen LogP contribution in [0.5, 0.6) is 0 Å². The fraction of sp³-hybridized carbons (Fsp3) is 0.600. The number of anilines is 1.